The number of aryl methyl sites for hydroxylation is 1. The largest absolute Gasteiger partial charge is 0.354 e. The van der Waals surface area contributed by atoms with Crippen LogP contribution in [0.2, 0.25) is 0 Å². The van der Waals surface area contributed by atoms with Crippen LogP contribution in [0.1, 0.15) is 36.1 Å². The molecule has 2 heterocycles. The minimum atomic E-state index is -0.0496. The quantitative estimate of drug-likeness (QED) is 0.909. The number of carbonyl (C=O) groups excluding carboxylic acids is 1. The van der Waals surface area contributed by atoms with Crippen LogP contribution < -0.4 is 10.2 Å². The van der Waals surface area contributed by atoms with E-state index in [0.717, 1.165) is 18.5 Å². The predicted molar refractivity (Wildman–Crippen MR) is 105 cm³/mol. The van der Waals surface area contributed by atoms with Crippen molar-refractivity contribution >= 4 is 11.8 Å². The van der Waals surface area contributed by atoms with Crippen molar-refractivity contribution in [3.05, 3.63) is 59.3 Å². The lowest BCUT2D eigenvalue weighted by molar-refractivity contribution is 0.198. The third-order valence-corrected chi connectivity index (χ3v) is 4.91. The molecule has 1 unspecified atom stereocenters. The van der Waals surface area contributed by atoms with Gasteiger partial charge in [0, 0.05) is 32.4 Å². The monoisotopic (exact) mass is 363 g/mol. The summed E-state index contributed by atoms with van der Waals surface area (Å²) >= 11 is 0. The third-order valence-electron chi connectivity index (χ3n) is 4.91. The van der Waals surface area contributed by atoms with E-state index in [1.54, 1.807) is 18.3 Å². The number of urea groups is 1. The van der Waals surface area contributed by atoms with E-state index in [-0.39, 0.29) is 12.1 Å². The topological polar surface area (TPSA) is 72.3 Å². The standard InChI is InChI=1S/C21H25N5O/c1-16-6-8-18(9-7-16)17(2)24-21(27)26-12-4-11-25(13-14-26)20-19(15-22)5-3-10-23-20/h3,5-10,17H,4,11-14H2,1-2H3,(H,24,27). The summed E-state index contributed by atoms with van der Waals surface area (Å²) in [6, 6.07) is 13.9. The van der Waals surface area contributed by atoms with Crippen LogP contribution >= 0.6 is 0 Å². The van der Waals surface area contributed by atoms with E-state index < -0.39 is 0 Å². The smallest absolute Gasteiger partial charge is 0.317 e. The third kappa shape index (κ3) is 4.56. The van der Waals surface area contributed by atoms with Gasteiger partial charge >= 0.3 is 6.03 Å². The van der Waals surface area contributed by atoms with Gasteiger partial charge in [-0.15, -0.1) is 0 Å². The molecule has 1 aromatic carbocycles. The second-order valence-corrected chi connectivity index (χ2v) is 6.90. The maximum atomic E-state index is 12.7. The van der Waals surface area contributed by atoms with Crippen molar-refractivity contribution in [3.8, 4) is 6.07 Å². The number of nitrogens with zero attached hydrogens (tertiary/aromatic N) is 4. The molecule has 1 aliphatic rings. The van der Waals surface area contributed by atoms with Crippen LogP contribution in [0.25, 0.3) is 0 Å². The molecule has 2 aromatic rings. The Balaban J connectivity index is 1.61. The van der Waals surface area contributed by atoms with Crippen molar-refractivity contribution in [2.45, 2.75) is 26.3 Å². The minimum Gasteiger partial charge on any atom is -0.354 e. The number of hydrogen-bond acceptors (Lipinski definition) is 4. The fourth-order valence-electron chi connectivity index (χ4n) is 3.28. The summed E-state index contributed by atoms with van der Waals surface area (Å²) in [5, 5.41) is 12.4. The van der Waals surface area contributed by atoms with Crippen molar-refractivity contribution in [2.75, 3.05) is 31.1 Å². The number of nitriles is 1. The van der Waals surface area contributed by atoms with E-state index in [0.29, 0.717) is 31.0 Å². The zero-order chi connectivity index (χ0) is 19.2. The van der Waals surface area contributed by atoms with Crippen molar-refractivity contribution in [1.29, 1.82) is 5.26 Å². The Bertz CT molecular complexity index is 827. The second kappa shape index (κ2) is 8.54. The zero-order valence-electron chi connectivity index (χ0n) is 15.9. The number of nitrogens with one attached hydrogen (secondary N) is 1. The highest BCUT2D eigenvalue weighted by Gasteiger charge is 2.22. The average molecular weight is 363 g/mol. The predicted octanol–water partition coefficient (Wildman–Crippen LogP) is 3.24. The van der Waals surface area contributed by atoms with Gasteiger partial charge in [0.25, 0.3) is 0 Å². The number of carbonyl (C=O) groups is 1. The summed E-state index contributed by atoms with van der Waals surface area (Å²) in [4.78, 5) is 21.0. The first-order chi connectivity index (χ1) is 13.1. The molecular formula is C21H25N5O. The second-order valence-electron chi connectivity index (χ2n) is 6.90. The molecule has 0 radical (unpaired) electrons. The Kier molecular flexibility index (Phi) is 5.92. The van der Waals surface area contributed by atoms with E-state index in [4.69, 9.17) is 0 Å². The first kappa shape index (κ1) is 18.7. The first-order valence-corrected chi connectivity index (χ1v) is 9.30. The molecule has 1 aliphatic heterocycles. The summed E-state index contributed by atoms with van der Waals surface area (Å²) in [5.74, 6) is 0.704. The van der Waals surface area contributed by atoms with Gasteiger partial charge in [-0.1, -0.05) is 29.8 Å². The number of hydrogen-bond donors (Lipinski definition) is 1. The molecule has 0 saturated carbocycles. The summed E-state index contributed by atoms with van der Waals surface area (Å²) < 4.78 is 0. The van der Waals surface area contributed by atoms with Crippen LogP contribution in [0.15, 0.2) is 42.6 Å². The van der Waals surface area contributed by atoms with Crippen LogP contribution in [0, 0.1) is 18.3 Å². The molecule has 1 fully saturated rings. The van der Waals surface area contributed by atoms with E-state index in [1.807, 2.05) is 11.8 Å². The molecule has 6 heteroatoms. The molecule has 1 atom stereocenters. The van der Waals surface area contributed by atoms with Gasteiger partial charge in [-0.3, -0.25) is 0 Å². The van der Waals surface area contributed by atoms with Crippen LogP contribution in [0.4, 0.5) is 10.6 Å². The maximum absolute atomic E-state index is 12.7. The fraction of sp³-hybridized carbons (Fsp3) is 0.381. The molecule has 6 nitrogen and oxygen atoms in total. The summed E-state index contributed by atoms with van der Waals surface area (Å²) in [6.45, 7) is 6.79. The number of aromatic nitrogens is 1. The Morgan fingerprint density at radius 2 is 1.96 bits per heavy atom. The molecule has 1 aromatic heterocycles. The van der Waals surface area contributed by atoms with Gasteiger partial charge < -0.3 is 15.1 Å². The minimum absolute atomic E-state index is 0.0431. The molecular weight excluding hydrogens is 338 g/mol. The SMILES string of the molecule is Cc1ccc(C(C)NC(=O)N2CCCN(c3ncccc3C#N)CC2)cc1. The maximum Gasteiger partial charge on any atom is 0.317 e. The molecule has 3 rings (SSSR count). The van der Waals surface area contributed by atoms with Crippen molar-refractivity contribution < 1.29 is 4.79 Å². The van der Waals surface area contributed by atoms with E-state index in [2.05, 4.69) is 52.5 Å². The van der Waals surface area contributed by atoms with Crippen molar-refractivity contribution in [2.24, 2.45) is 0 Å². The van der Waals surface area contributed by atoms with Gasteiger partial charge in [-0.05, 0) is 38.0 Å². The van der Waals surface area contributed by atoms with Gasteiger partial charge in [0.15, 0.2) is 0 Å². The highest BCUT2D eigenvalue weighted by molar-refractivity contribution is 5.75. The van der Waals surface area contributed by atoms with Gasteiger partial charge in [-0.2, -0.15) is 5.26 Å². The molecule has 1 N–H and O–H groups in total. The van der Waals surface area contributed by atoms with Crippen LogP contribution in [0.5, 0.6) is 0 Å². The molecule has 0 bridgehead atoms. The highest BCUT2D eigenvalue weighted by atomic mass is 16.2. The molecule has 0 spiro atoms. The van der Waals surface area contributed by atoms with Gasteiger partial charge in [0.2, 0.25) is 0 Å². The van der Waals surface area contributed by atoms with Gasteiger partial charge in [-0.25, -0.2) is 9.78 Å². The van der Waals surface area contributed by atoms with E-state index in [9.17, 15) is 10.1 Å². The molecule has 27 heavy (non-hydrogen) atoms. The summed E-state index contributed by atoms with van der Waals surface area (Å²) in [5.41, 5.74) is 2.87. The molecule has 140 valence electrons. The van der Waals surface area contributed by atoms with Gasteiger partial charge in [0.1, 0.15) is 11.9 Å². The zero-order valence-corrected chi connectivity index (χ0v) is 15.9. The number of benzene rings is 1. The molecule has 0 aliphatic carbocycles. The lowest BCUT2D eigenvalue weighted by Gasteiger charge is -2.25. The van der Waals surface area contributed by atoms with Crippen LogP contribution in [-0.2, 0) is 0 Å². The molecule has 1 saturated heterocycles. The van der Waals surface area contributed by atoms with Crippen molar-refractivity contribution in [3.63, 3.8) is 0 Å². The van der Waals surface area contributed by atoms with E-state index >= 15 is 0 Å². The van der Waals surface area contributed by atoms with Crippen LogP contribution in [-0.4, -0.2) is 42.1 Å². The highest BCUT2D eigenvalue weighted by Crippen LogP contribution is 2.19. The number of amides is 2. The summed E-state index contributed by atoms with van der Waals surface area (Å²) in [6.07, 6.45) is 2.54. The van der Waals surface area contributed by atoms with Gasteiger partial charge in [0.05, 0.1) is 11.6 Å². The number of rotatable bonds is 3. The number of pyridine rings is 1. The Morgan fingerprint density at radius 3 is 2.70 bits per heavy atom. The Labute approximate surface area is 160 Å². The normalized spacial score (nSPS) is 15.6. The Hall–Kier alpha value is -3.07. The first-order valence-electron chi connectivity index (χ1n) is 9.30. The fourth-order valence-corrected chi connectivity index (χ4v) is 3.28. The number of anilines is 1. The average Bonchev–Trinajstić information content (AvgIpc) is 2.94. The Morgan fingerprint density at radius 1 is 1.19 bits per heavy atom. The van der Waals surface area contributed by atoms with E-state index in [1.165, 1.54) is 5.56 Å². The van der Waals surface area contributed by atoms with Crippen molar-refractivity contribution in [1.82, 2.24) is 15.2 Å². The lowest BCUT2D eigenvalue weighted by Crippen LogP contribution is -2.43. The lowest BCUT2D eigenvalue weighted by atomic mass is 10.1. The van der Waals surface area contributed by atoms with Crippen LogP contribution in [0.3, 0.4) is 0 Å². The summed E-state index contributed by atoms with van der Waals surface area (Å²) in [7, 11) is 0. The molecule has 2 amide bonds.